The van der Waals surface area contributed by atoms with Gasteiger partial charge in [-0.05, 0) is 17.7 Å². The molecule has 4 heteroatoms. The van der Waals surface area contributed by atoms with E-state index in [-0.39, 0.29) is 6.04 Å². The number of nitrogens with two attached hydrogens (primary N) is 1. The number of hydrogen-bond donors (Lipinski definition) is 2. The fourth-order valence-corrected chi connectivity index (χ4v) is 1.87. The summed E-state index contributed by atoms with van der Waals surface area (Å²) >= 11 is 9.13. The van der Waals surface area contributed by atoms with E-state index in [2.05, 4.69) is 27.3 Å². The van der Waals surface area contributed by atoms with E-state index in [9.17, 15) is 0 Å². The summed E-state index contributed by atoms with van der Waals surface area (Å²) < 4.78 is 0.848. The first-order valence-corrected chi connectivity index (χ1v) is 4.73. The van der Waals surface area contributed by atoms with Crippen molar-refractivity contribution >= 4 is 27.5 Å². The van der Waals surface area contributed by atoms with E-state index < -0.39 is 0 Å². The zero-order valence-corrected chi connectivity index (χ0v) is 9.06. The van der Waals surface area contributed by atoms with Crippen LogP contribution < -0.4 is 11.3 Å². The van der Waals surface area contributed by atoms with Crippen LogP contribution in [0.15, 0.2) is 22.7 Å². The first-order valence-electron chi connectivity index (χ1n) is 3.56. The lowest BCUT2D eigenvalue weighted by atomic mass is 10.1. The van der Waals surface area contributed by atoms with Gasteiger partial charge < -0.3 is 0 Å². The molecule has 1 aromatic rings. The lowest BCUT2D eigenvalue weighted by Gasteiger charge is -2.11. The first-order chi connectivity index (χ1) is 6.19. The van der Waals surface area contributed by atoms with Crippen molar-refractivity contribution in [1.29, 1.82) is 0 Å². The van der Waals surface area contributed by atoms with Gasteiger partial charge in [-0.25, -0.2) is 5.43 Å². The molecular weight excluding hydrogens is 251 g/mol. The van der Waals surface area contributed by atoms with Gasteiger partial charge in [-0.2, -0.15) is 0 Å². The molecule has 68 valence electrons. The molecule has 3 N–H and O–H groups in total. The summed E-state index contributed by atoms with van der Waals surface area (Å²) in [6.45, 7) is 0. The number of rotatable bonds is 2. The summed E-state index contributed by atoms with van der Waals surface area (Å²) in [5, 5.41) is 0.656. The number of terminal acetylenes is 1. The van der Waals surface area contributed by atoms with Crippen molar-refractivity contribution in [2.75, 3.05) is 0 Å². The zero-order chi connectivity index (χ0) is 9.84. The second kappa shape index (κ2) is 4.64. The molecule has 0 radical (unpaired) electrons. The number of halogens is 2. The molecule has 0 aliphatic rings. The van der Waals surface area contributed by atoms with Crippen LogP contribution in [0.1, 0.15) is 11.6 Å². The van der Waals surface area contributed by atoms with Crippen molar-refractivity contribution in [3.63, 3.8) is 0 Å². The molecule has 0 aliphatic carbocycles. The number of nitrogens with one attached hydrogen (secondary N) is 1. The monoisotopic (exact) mass is 258 g/mol. The van der Waals surface area contributed by atoms with Crippen molar-refractivity contribution in [1.82, 2.24) is 5.43 Å². The van der Waals surface area contributed by atoms with Crippen LogP contribution in [0.5, 0.6) is 0 Å². The summed E-state index contributed by atoms with van der Waals surface area (Å²) in [7, 11) is 0. The van der Waals surface area contributed by atoms with Crippen LogP contribution >= 0.6 is 27.5 Å². The maximum Gasteiger partial charge on any atom is 0.108 e. The van der Waals surface area contributed by atoms with Crippen LogP contribution in [-0.4, -0.2) is 0 Å². The van der Waals surface area contributed by atoms with Crippen LogP contribution in [0.4, 0.5) is 0 Å². The second-order valence-electron chi connectivity index (χ2n) is 2.43. The Hall–Kier alpha value is -0.530. The van der Waals surface area contributed by atoms with Gasteiger partial charge in [0.2, 0.25) is 0 Å². The molecule has 0 saturated heterocycles. The zero-order valence-electron chi connectivity index (χ0n) is 6.72. The summed E-state index contributed by atoms with van der Waals surface area (Å²) in [5.74, 6) is 7.80. The third kappa shape index (κ3) is 2.45. The van der Waals surface area contributed by atoms with Gasteiger partial charge in [0.25, 0.3) is 0 Å². The Balaban J connectivity index is 3.09. The summed E-state index contributed by atoms with van der Waals surface area (Å²) in [5.41, 5.74) is 3.42. The molecule has 1 atom stereocenters. The highest BCUT2D eigenvalue weighted by Crippen LogP contribution is 2.25. The van der Waals surface area contributed by atoms with E-state index in [1.165, 1.54) is 0 Å². The third-order valence-corrected chi connectivity index (χ3v) is 2.53. The lowest BCUT2D eigenvalue weighted by molar-refractivity contribution is 0.671. The molecule has 0 aromatic heterocycles. The van der Waals surface area contributed by atoms with Crippen molar-refractivity contribution in [2.45, 2.75) is 6.04 Å². The number of benzene rings is 1. The Bertz CT molecular complexity index is 346. The SMILES string of the molecule is C#CC(NN)c1ccc(Cl)cc1Br. The Kier molecular flexibility index (Phi) is 3.76. The third-order valence-electron chi connectivity index (χ3n) is 1.61. The van der Waals surface area contributed by atoms with E-state index in [0.717, 1.165) is 10.0 Å². The average molecular weight is 260 g/mol. The van der Waals surface area contributed by atoms with E-state index in [4.69, 9.17) is 23.9 Å². The lowest BCUT2D eigenvalue weighted by Crippen LogP contribution is -2.26. The smallest absolute Gasteiger partial charge is 0.108 e. The predicted octanol–water partition coefficient (Wildman–Crippen LogP) is 2.24. The van der Waals surface area contributed by atoms with Crippen molar-refractivity contribution in [3.05, 3.63) is 33.3 Å². The molecule has 1 rings (SSSR count). The van der Waals surface area contributed by atoms with Gasteiger partial charge >= 0.3 is 0 Å². The largest absolute Gasteiger partial charge is 0.270 e. The molecule has 1 unspecified atom stereocenters. The fourth-order valence-electron chi connectivity index (χ4n) is 0.963. The molecule has 0 aliphatic heterocycles. The minimum absolute atomic E-state index is 0.299. The van der Waals surface area contributed by atoms with Gasteiger partial charge in [0.1, 0.15) is 6.04 Å². The van der Waals surface area contributed by atoms with Gasteiger partial charge in [0, 0.05) is 9.50 Å². The highest BCUT2D eigenvalue weighted by molar-refractivity contribution is 9.10. The van der Waals surface area contributed by atoms with Gasteiger partial charge in [-0.15, -0.1) is 6.42 Å². The molecule has 0 saturated carbocycles. The van der Waals surface area contributed by atoms with Crippen molar-refractivity contribution < 1.29 is 0 Å². The maximum absolute atomic E-state index is 5.77. The molecule has 0 amide bonds. The van der Waals surface area contributed by atoms with E-state index in [1.807, 2.05) is 6.07 Å². The minimum Gasteiger partial charge on any atom is -0.270 e. The number of hydrazine groups is 1. The topological polar surface area (TPSA) is 38.0 Å². The van der Waals surface area contributed by atoms with Gasteiger partial charge in [-0.3, -0.25) is 5.84 Å². The summed E-state index contributed by atoms with van der Waals surface area (Å²) in [6, 6.07) is 5.07. The second-order valence-corrected chi connectivity index (χ2v) is 3.72. The Morgan fingerprint density at radius 2 is 2.31 bits per heavy atom. The molecule has 0 fully saturated rings. The fraction of sp³-hybridized carbons (Fsp3) is 0.111. The molecule has 13 heavy (non-hydrogen) atoms. The molecule has 1 aromatic carbocycles. The van der Waals surface area contributed by atoms with Crippen LogP contribution in [0.3, 0.4) is 0 Å². The molecule has 0 spiro atoms. The molecular formula is C9H8BrClN2. The molecule has 0 bridgehead atoms. The van der Waals surface area contributed by atoms with Crippen LogP contribution in [0.25, 0.3) is 0 Å². The highest BCUT2D eigenvalue weighted by atomic mass is 79.9. The number of hydrogen-bond acceptors (Lipinski definition) is 2. The molecule has 2 nitrogen and oxygen atoms in total. The quantitative estimate of drug-likeness (QED) is 0.486. The normalized spacial score (nSPS) is 12.2. The maximum atomic E-state index is 5.77. The van der Waals surface area contributed by atoms with Gasteiger partial charge in [-0.1, -0.05) is 39.5 Å². The Morgan fingerprint density at radius 3 is 2.77 bits per heavy atom. The van der Waals surface area contributed by atoms with Crippen LogP contribution in [0.2, 0.25) is 5.02 Å². The summed E-state index contributed by atoms with van der Waals surface area (Å²) in [6.07, 6.45) is 5.28. The van der Waals surface area contributed by atoms with Crippen LogP contribution in [-0.2, 0) is 0 Å². The van der Waals surface area contributed by atoms with Gasteiger partial charge in [0.05, 0.1) is 0 Å². The predicted molar refractivity (Wildman–Crippen MR) is 58.0 cm³/mol. The van der Waals surface area contributed by atoms with E-state index in [0.29, 0.717) is 5.02 Å². The average Bonchev–Trinajstić information content (AvgIpc) is 2.10. The summed E-state index contributed by atoms with van der Waals surface area (Å²) in [4.78, 5) is 0. The highest BCUT2D eigenvalue weighted by Gasteiger charge is 2.09. The van der Waals surface area contributed by atoms with Crippen LogP contribution in [0, 0.1) is 12.3 Å². The van der Waals surface area contributed by atoms with E-state index >= 15 is 0 Å². The first kappa shape index (κ1) is 10.6. The van der Waals surface area contributed by atoms with Crippen molar-refractivity contribution in [2.24, 2.45) is 5.84 Å². The standard InChI is InChI=1S/C9H8BrClN2/c1-2-9(13-12)7-4-3-6(11)5-8(7)10/h1,3-5,9,13H,12H2. The van der Waals surface area contributed by atoms with Crippen molar-refractivity contribution in [3.8, 4) is 12.3 Å². The Morgan fingerprint density at radius 1 is 1.62 bits per heavy atom. The van der Waals surface area contributed by atoms with E-state index in [1.54, 1.807) is 12.1 Å². The minimum atomic E-state index is -0.299. The van der Waals surface area contributed by atoms with Gasteiger partial charge in [0.15, 0.2) is 0 Å². The molecule has 0 heterocycles. The Labute approximate surface area is 90.6 Å².